The fourth-order valence-electron chi connectivity index (χ4n) is 2.05. The average Bonchev–Trinajstić information content (AvgIpc) is 2.49. The zero-order chi connectivity index (χ0) is 14.6. The van der Waals surface area contributed by atoms with Crippen LogP contribution in [0.1, 0.15) is 37.2 Å². The molecule has 19 heavy (non-hydrogen) atoms. The Morgan fingerprint density at radius 1 is 1.47 bits per heavy atom. The van der Waals surface area contributed by atoms with Gasteiger partial charge >= 0.3 is 0 Å². The highest BCUT2D eigenvalue weighted by Gasteiger charge is 2.09. The zero-order valence-corrected chi connectivity index (χ0v) is 12.3. The van der Waals surface area contributed by atoms with E-state index in [9.17, 15) is 9.90 Å². The predicted molar refractivity (Wildman–Crippen MR) is 75.6 cm³/mol. The molecule has 1 rings (SSSR count). The molecule has 0 spiro atoms. The lowest BCUT2D eigenvalue weighted by molar-refractivity contribution is -0.117. The smallest absolute Gasteiger partial charge is 0.244 e. The summed E-state index contributed by atoms with van der Waals surface area (Å²) in [5, 5.41) is 16.3. The molecule has 2 N–H and O–H groups in total. The summed E-state index contributed by atoms with van der Waals surface area (Å²) in [5.74, 6) is -0.157. The maximum Gasteiger partial charge on any atom is 0.244 e. The SMILES string of the molecule is Cc1nn(C)c(C)c1/C=C/C(=O)NC(C)CC(C)O. The van der Waals surface area contributed by atoms with Gasteiger partial charge < -0.3 is 10.4 Å². The van der Waals surface area contributed by atoms with E-state index in [1.165, 1.54) is 6.08 Å². The molecule has 0 aromatic carbocycles. The van der Waals surface area contributed by atoms with Gasteiger partial charge in [0.15, 0.2) is 0 Å². The van der Waals surface area contributed by atoms with Crippen molar-refractivity contribution in [2.75, 3.05) is 0 Å². The van der Waals surface area contributed by atoms with E-state index in [-0.39, 0.29) is 11.9 Å². The number of nitrogens with zero attached hydrogens (tertiary/aromatic N) is 2. The number of aliphatic hydroxyl groups is 1. The fraction of sp³-hybridized carbons (Fsp3) is 0.571. The van der Waals surface area contributed by atoms with Crippen LogP contribution in [-0.4, -0.2) is 32.9 Å². The summed E-state index contributed by atoms with van der Waals surface area (Å²) >= 11 is 0. The normalized spacial score (nSPS) is 14.6. The summed E-state index contributed by atoms with van der Waals surface area (Å²) in [6.45, 7) is 7.47. The van der Waals surface area contributed by atoms with Crippen LogP contribution in [0.5, 0.6) is 0 Å². The molecular weight excluding hydrogens is 242 g/mol. The molecule has 0 aliphatic carbocycles. The van der Waals surface area contributed by atoms with Gasteiger partial charge in [-0.25, -0.2) is 0 Å². The molecule has 1 heterocycles. The first kappa shape index (κ1) is 15.4. The van der Waals surface area contributed by atoms with Crippen LogP contribution in [0.3, 0.4) is 0 Å². The molecule has 5 nitrogen and oxygen atoms in total. The molecule has 1 amide bonds. The monoisotopic (exact) mass is 265 g/mol. The number of hydrogen-bond donors (Lipinski definition) is 2. The lowest BCUT2D eigenvalue weighted by atomic mass is 10.1. The molecule has 0 aliphatic heterocycles. The van der Waals surface area contributed by atoms with Gasteiger partial charge in [0, 0.05) is 30.4 Å². The Morgan fingerprint density at radius 2 is 2.11 bits per heavy atom. The summed E-state index contributed by atoms with van der Waals surface area (Å²) in [6, 6.07) is -0.0479. The molecule has 2 atom stereocenters. The third kappa shape index (κ3) is 4.52. The Bertz CT molecular complexity index is 475. The largest absolute Gasteiger partial charge is 0.393 e. The number of rotatable bonds is 5. The van der Waals surface area contributed by atoms with E-state index in [4.69, 9.17) is 0 Å². The summed E-state index contributed by atoms with van der Waals surface area (Å²) in [4.78, 5) is 11.7. The molecule has 0 saturated heterocycles. The van der Waals surface area contributed by atoms with Crippen molar-refractivity contribution in [1.82, 2.24) is 15.1 Å². The maximum absolute atomic E-state index is 11.7. The minimum Gasteiger partial charge on any atom is -0.393 e. The van der Waals surface area contributed by atoms with Crippen LogP contribution >= 0.6 is 0 Å². The van der Waals surface area contributed by atoms with E-state index in [2.05, 4.69) is 10.4 Å². The van der Waals surface area contributed by atoms with Gasteiger partial charge in [0.1, 0.15) is 0 Å². The first-order valence-electron chi connectivity index (χ1n) is 6.48. The number of aromatic nitrogens is 2. The summed E-state index contributed by atoms with van der Waals surface area (Å²) in [7, 11) is 1.88. The van der Waals surface area contributed by atoms with Crippen LogP contribution in [-0.2, 0) is 11.8 Å². The van der Waals surface area contributed by atoms with Gasteiger partial charge in [-0.2, -0.15) is 5.10 Å². The van der Waals surface area contributed by atoms with E-state index in [1.807, 2.05) is 27.8 Å². The fourth-order valence-corrected chi connectivity index (χ4v) is 2.05. The van der Waals surface area contributed by atoms with Crippen molar-refractivity contribution in [3.05, 3.63) is 23.0 Å². The highest BCUT2D eigenvalue weighted by molar-refractivity contribution is 5.92. The Morgan fingerprint density at radius 3 is 2.58 bits per heavy atom. The van der Waals surface area contributed by atoms with E-state index in [0.29, 0.717) is 6.42 Å². The van der Waals surface area contributed by atoms with Crippen LogP contribution in [0.15, 0.2) is 6.08 Å². The molecule has 1 aromatic heterocycles. The molecule has 0 radical (unpaired) electrons. The molecule has 1 aromatic rings. The Hall–Kier alpha value is -1.62. The van der Waals surface area contributed by atoms with E-state index in [0.717, 1.165) is 17.0 Å². The molecule has 0 fully saturated rings. The third-order valence-corrected chi connectivity index (χ3v) is 3.05. The predicted octanol–water partition coefficient (Wildman–Crippen LogP) is 1.33. The topological polar surface area (TPSA) is 67.2 Å². The van der Waals surface area contributed by atoms with Crippen LogP contribution in [0.2, 0.25) is 0 Å². The van der Waals surface area contributed by atoms with Crippen LogP contribution < -0.4 is 5.32 Å². The van der Waals surface area contributed by atoms with E-state index in [1.54, 1.807) is 17.7 Å². The molecule has 5 heteroatoms. The van der Waals surface area contributed by atoms with E-state index < -0.39 is 6.10 Å². The molecular formula is C14H23N3O2. The van der Waals surface area contributed by atoms with Gasteiger partial charge in [-0.15, -0.1) is 0 Å². The number of amides is 1. The van der Waals surface area contributed by atoms with Gasteiger partial charge in [0.25, 0.3) is 0 Å². The Balaban J connectivity index is 2.64. The highest BCUT2D eigenvalue weighted by Crippen LogP contribution is 2.13. The van der Waals surface area contributed by atoms with Crippen molar-refractivity contribution in [2.45, 2.75) is 46.3 Å². The van der Waals surface area contributed by atoms with Crippen molar-refractivity contribution < 1.29 is 9.90 Å². The standard InChI is InChI=1S/C14H23N3O2/c1-9(8-10(2)18)15-14(19)7-6-13-11(3)16-17(5)12(13)4/h6-7,9-10,18H,8H2,1-5H3,(H,15,19)/b7-6+. The maximum atomic E-state index is 11.7. The van der Waals surface area contributed by atoms with Gasteiger partial charge in [-0.1, -0.05) is 0 Å². The van der Waals surface area contributed by atoms with Gasteiger partial charge in [-0.3, -0.25) is 9.48 Å². The van der Waals surface area contributed by atoms with Crippen LogP contribution in [0.4, 0.5) is 0 Å². The van der Waals surface area contributed by atoms with Crippen LogP contribution in [0, 0.1) is 13.8 Å². The molecule has 2 unspecified atom stereocenters. The highest BCUT2D eigenvalue weighted by atomic mass is 16.3. The zero-order valence-electron chi connectivity index (χ0n) is 12.3. The molecule has 0 saturated carbocycles. The summed E-state index contributed by atoms with van der Waals surface area (Å²) < 4.78 is 1.79. The number of carbonyl (C=O) groups is 1. The van der Waals surface area contributed by atoms with Gasteiger partial charge in [-0.05, 0) is 40.2 Å². The first-order valence-corrected chi connectivity index (χ1v) is 6.48. The van der Waals surface area contributed by atoms with Crippen molar-refractivity contribution in [2.24, 2.45) is 7.05 Å². The lowest BCUT2D eigenvalue weighted by Gasteiger charge is -2.13. The van der Waals surface area contributed by atoms with Crippen molar-refractivity contribution in [3.63, 3.8) is 0 Å². The summed E-state index contributed by atoms with van der Waals surface area (Å²) in [6.07, 6.45) is 3.42. The molecule has 0 bridgehead atoms. The van der Waals surface area contributed by atoms with Crippen molar-refractivity contribution in [3.8, 4) is 0 Å². The lowest BCUT2D eigenvalue weighted by Crippen LogP contribution is -2.33. The number of aliphatic hydroxyl groups excluding tert-OH is 1. The Labute approximate surface area is 114 Å². The third-order valence-electron chi connectivity index (χ3n) is 3.05. The number of aryl methyl sites for hydroxylation is 2. The second-order valence-corrected chi connectivity index (χ2v) is 5.04. The number of nitrogens with one attached hydrogen (secondary N) is 1. The van der Waals surface area contributed by atoms with Crippen LogP contribution in [0.25, 0.3) is 6.08 Å². The minimum absolute atomic E-state index is 0.0479. The second kappa shape index (κ2) is 6.52. The second-order valence-electron chi connectivity index (χ2n) is 5.04. The van der Waals surface area contributed by atoms with Crippen molar-refractivity contribution in [1.29, 1.82) is 0 Å². The average molecular weight is 265 g/mol. The van der Waals surface area contributed by atoms with Gasteiger partial charge in [0.05, 0.1) is 11.8 Å². The van der Waals surface area contributed by atoms with E-state index >= 15 is 0 Å². The van der Waals surface area contributed by atoms with Gasteiger partial charge in [0.2, 0.25) is 5.91 Å². The summed E-state index contributed by atoms with van der Waals surface area (Å²) in [5.41, 5.74) is 2.90. The first-order chi connectivity index (χ1) is 8.81. The van der Waals surface area contributed by atoms with Crippen molar-refractivity contribution >= 4 is 12.0 Å². The number of hydrogen-bond acceptors (Lipinski definition) is 3. The molecule has 0 aliphatic rings. The quantitative estimate of drug-likeness (QED) is 0.789. The number of carbonyl (C=O) groups excluding carboxylic acids is 1. The Kier molecular flexibility index (Phi) is 5.30. The minimum atomic E-state index is -0.415. The molecule has 106 valence electrons.